The SMILES string of the molecule is COCCNC(=O)C(C)Oc1cc(F)ccc1[C@H](C)O. The van der Waals surface area contributed by atoms with Gasteiger partial charge in [0.05, 0.1) is 12.7 Å². The fourth-order valence-electron chi connectivity index (χ4n) is 1.62. The van der Waals surface area contributed by atoms with Crippen molar-refractivity contribution in [3.8, 4) is 5.75 Å². The highest BCUT2D eigenvalue weighted by Gasteiger charge is 2.18. The molecule has 112 valence electrons. The summed E-state index contributed by atoms with van der Waals surface area (Å²) in [5, 5.41) is 12.2. The van der Waals surface area contributed by atoms with E-state index in [-0.39, 0.29) is 11.7 Å². The number of hydrogen-bond acceptors (Lipinski definition) is 4. The lowest BCUT2D eigenvalue weighted by Gasteiger charge is -2.18. The summed E-state index contributed by atoms with van der Waals surface area (Å²) in [5.41, 5.74) is 0.433. The molecule has 6 heteroatoms. The Kier molecular flexibility index (Phi) is 6.41. The van der Waals surface area contributed by atoms with Gasteiger partial charge in [0.2, 0.25) is 0 Å². The number of methoxy groups -OCH3 is 1. The first-order valence-electron chi connectivity index (χ1n) is 6.36. The molecule has 0 aromatic heterocycles. The molecule has 2 N–H and O–H groups in total. The van der Waals surface area contributed by atoms with Gasteiger partial charge in [0.25, 0.3) is 5.91 Å². The Morgan fingerprint density at radius 1 is 1.45 bits per heavy atom. The van der Waals surface area contributed by atoms with Crippen LogP contribution in [0.5, 0.6) is 5.75 Å². The van der Waals surface area contributed by atoms with Gasteiger partial charge in [-0.1, -0.05) is 0 Å². The van der Waals surface area contributed by atoms with Crippen LogP contribution in [0.1, 0.15) is 25.5 Å². The summed E-state index contributed by atoms with van der Waals surface area (Å²) in [6.07, 6.45) is -1.61. The maximum absolute atomic E-state index is 13.2. The van der Waals surface area contributed by atoms with Gasteiger partial charge in [0.15, 0.2) is 6.10 Å². The number of carbonyl (C=O) groups excluding carboxylic acids is 1. The van der Waals surface area contributed by atoms with E-state index in [1.54, 1.807) is 13.8 Å². The van der Waals surface area contributed by atoms with Gasteiger partial charge in [-0.15, -0.1) is 0 Å². The van der Waals surface area contributed by atoms with Crippen LogP contribution in [0.2, 0.25) is 0 Å². The Balaban J connectivity index is 2.71. The fraction of sp³-hybridized carbons (Fsp3) is 0.500. The van der Waals surface area contributed by atoms with Crippen molar-refractivity contribution in [3.63, 3.8) is 0 Å². The van der Waals surface area contributed by atoms with E-state index in [2.05, 4.69) is 5.32 Å². The zero-order valence-electron chi connectivity index (χ0n) is 11.9. The lowest BCUT2D eigenvalue weighted by molar-refractivity contribution is -0.127. The van der Waals surface area contributed by atoms with Gasteiger partial charge in [-0.25, -0.2) is 4.39 Å². The van der Waals surface area contributed by atoms with Crippen molar-refractivity contribution in [1.82, 2.24) is 5.32 Å². The van der Waals surface area contributed by atoms with Crippen LogP contribution >= 0.6 is 0 Å². The lowest BCUT2D eigenvalue weighted by Crippen LogP contribution is -2.38. The van der Waals surface area contributed by atoms with E-state index in [4.69, 9.17) is 9.47 Å². The van der Waals surface area contributed by atoms with E-state index in [1.165, 1.54) is 19.2 Å². The van der Waals surface area contributed by atoms with E-state index in [0.717, 1.165) is 6.07 Å². The Morgan fingerprint density at radius 2 is 2.15 bits per heavy atom. The van der Waals surface area contributed by atoms with Crippen molar-refractivity contribution < 1.29 is 23.8 Å². The molecular weight excluding hydrogens is 265 g/mol. The monoisotopic (exact) mass is 285 g/mol. The molecule has 0 saturated carbocycles. The van der Waals surface area contributed by atoms with Gasteiger partial charge in [-0.3, -0.25) is 4.79 Å². The minimum absolute atomic E-state index is 0.161. The van der Waals surface area contributed by atoms with Crippen molar-refractivity contribution in [1.29, 1.82) is 0 Å². The highest BCUT2D eigenvalue weighted by atomic mass is 19.1. The highest BCUT2D eigenvalue weighted by Crippen LogP contribution is 2.26. The van der Waals surface area contributed by atoms with Crippen molar-refractivity contribution in [2.75, 3.05) is 20.3 Å². The summed E-state index contributed by atoms with van der Waals surface area (Å²) < 4.78 is 23.5. The van der Waals surface area contributed by atoms with Crippen LogP contribution < -0.4 is 10.1 Å². The third-order valence-corrected chi connectivity index (χ3v) is 2.70. The van der Waals surface area contributed by atoms with Gasteiger partial charge in [0.1, 0.15) is 11.6 Å². The first-order chi connectivity index (χ1) is 9.45. The molecule has 0 aliphatic heterocycles. The number of rotatable bonds is 7. The number of halogens is 1. The summed E-state index contributed by atoms with van der Waals surface area (Å²) in [6, 6.07) is 3.82. The second-order valence-corrected chi connectivity index (χ2v) is 4.40. The molecule has 0 bridgehead atoms. The molecule has 1 unspecified atom stereocenters. The highest BCUT2D eigenvalue weighted by molar-refractivity contribution is 5.80. The molecule has 0 heterocycles. The number of nitrogens with one attached hydrogen (secondary N) is 1. The van der Waals surface area contributed by atoms with Gasteiger partial charge in [-0.05, 0) is 26.0 Å². The van der Waals surface area contributed by atoms with Gasteiger partial charge >= 0.3 is 0 Å². The summed E-state index contributed by atoms with van der Waals surface area (Å²) in [6.45, 7) is 3.87. The Morgan fingerprint density at radius 3 is 2.75 bits per heavy atom. The molecule has 0 fully saturated rings. The Labute approximate surface area is 117 Å². The van der Waals surface area contributed by atoms with Crippen molar-refractivity contribution in [3.05, 3.63) is 29.6 Å². The van der Waals surface area contributed by atoms with E-state index in [9.17, 15) is 14.3 Å². The van der Waals surface area contributed by atoms with E-state index < -0.39 is 18.0 Å². The molecule has 0 spiro atoms. The predicted octanol–water partition coefficient (Wildman–Crippen LogP) is 1.41. The average molecular weight is 285 g/mol. The molecule has 1 amide bonds. The molecule has 1 rings (SSSR count). The van der Waals surface area contributed by atoms with Crippen LogP contribution in [0, 0.1) is 5.82 Å². The van der Waals surface area contributed by atoms with Gasteiger partial charge in [0, 0.05) is 25.3 Å². The molecule has 2 atom stereocenters. The number of aliphatic hydroxyl groups excluding tert-OH is 1. The molecule has 5 nitrogen and oxygen atoms in total. The van der Waals surface area contributed by atoms with Crippen molar-refractivity contribution in [2.45, 2.75) is 26.1 Å². The topological polar surface area (TPSA) is 67.8 Å². The average Bonchev–Trinajstić information content (AvgIpc) is 2.38. The maximum atomic E-state index is 13.2. The van der Waals surface area contributed by atoms with E-state index in [1.807, 2.05) is 0 Å². The fourth-order valence-corrected chi connectivity index (χ4v) is 1.62. The Hall–Kier alpha value is -1.66. The molecule has 0 aliphatic carbocycles. The number of ether oxygens (including phenoxy) is 2. The first kappa shape index (κ1) is 16.4. The smallest absolute Gasteiger partial charge is 0.260 e. The maximum Gasteiger partial charge on any atom is 0.260 e. The van der Waals surface area contributed by atoms with Gasteiger partial charge in [-0.2, -0.15) is 0 Å². The number of benzene rings is 1. The summed E-state index contributed by atoms with van der Waals surface area (Å²) in [7, 11) is 1.54. The third kappa shape index (κ3) is 4.79. The number of amides is 1. The lowest BCUT2D eigenvalue weighted by atomic mass is 10.1. The molecular formula is C14H20FNO4. The molecule has 1 aromatic carbocycles. The van der Waals surface area contributed by atoms with Crippen LogP contribution in [-0.4, -0.2) is 37.4 Å². The molecule has 0 aliphatic rings. The van der Waals surface area contributed by atoms with Crippen LogP contribution in [-0.2, 0) is 9.53 Å². The van der Waals surface area contributed by atoms with E-state index >= 15 is 0 Å². The second-order valence-electron chi connectivity index (χ2n) is 4.40. The van der Waals surface area contributed by atoms with E-state index in [0.29, 0.717) is 18.7 Å². The van der Waals surface area contributed by atoms with Crippen LogP contribution in [0.3, 0.4) is 0 Å². The molecule has 0 saturated heterocycles. The number of aliphatic hydroxyl groups is 1. The number of hydrogen-bond donors (Lipinski definition) is 2. The molecule has 0 radical (unpaired) electrons. The quantitative estimate of drug-likeness (QED) is 0.743. The second kappa shape index (κ2) is 7.81. The normalized spacial score (nSPS) is 13.7. The predicted molar refractivity (Wildman–Crippen MR) is 72.0 cm³/mol. The van der Waals surface area contributed by atoms with Crippen LogP contribution in [0.15, 0.2) is 18.2 Å². The first-order valence-corrected chi connectivity index (χ1v) is 6.36. The largest absolute Gasteiger partial charge is 0.480 e. The third-order valence-electron chi connectivity index (χ3n) is 2.70. The number of carbonyl (C=O) groups is 1. The van der Waals surface area contributed by atoms with Gasteiger partial charge < -0.3 is 19.9 Å². The Bertz CT molecular complexity index is 451. The minimum atomic E-state index is -0.811. The standard InChI is InChI=1S/C14H20FNO4/c1-9(17)12-5-4-11(15)8-13(12)20-10(2)14(18)16-6-7-19-3/h4-5,8-10,17H,6-7H2,1-3H3,(H,16,18)/t9-,10?/m0/s1. The molecule has 20 heavy (non-hydrogen) atoms. The minimum Gasteiger partial charge on any atom is -0.480 e. The van der Waals surface area contributed by atoms with Crippen molar-refractivity contribution in [2.24, 2.45) is 0 Å². The molecule has 1 aromatic rings. The summed E-state index contributed by atoms with van der Waals surface area (Å²) in [5.74, 6) is -0.659. The summed E-state index contributed by atoms with van der Waals surface area (Å²) in [4.78, 5) is 11.7. The zero-order valence-corrected chi connectivity index (χ0v) is 11.9. The summed E-state index contributed by atoms with van der Waals surface area (Å²) >= 11 is 0. The zero-order chi connectivity index (χ0) is 15.1. The van der Waals surface area contributed by atoms with Crippen molar-refractivity contribution >= 4 is 5.91 Å². The van der Waals surface area contributed by atoms with Crippen LogP contribution in [0.4, 0.5) is 4.39 Å². The van der Waals surface area contributed by atoms with Crippen LogP contribution in [0.25, 0.3) is 0 Å².